The molecule has 0 amide bonds. The van der Waals surface area contributed by atoms with Crippen LogP contribution in [0.4, 0.5) is 24.9 Å². The minimum Gasteiger partial charge on any atom is -0.353 e. The monoisotopic (exact) mass is 334 g/mol. The number of aromatic nitrogens is 3. The fourth-order valence-corrected chi connectivity index (χ4v) is 2.46. The van der Waals surface area contributed by atoms with Crippen molar-refractivity contribution >= 4 is 11.8 Å². The molecule has 0 saturated carbocycles. The first-order valence-electron chi connectivity index (χ1n) is 7.24. The summed E-state index contributed by atoms with van der Waals surface area (Å²) >= 11 is 0. The van der Waals surface area contributed by atoms with E-state index in [1.807, 2.05) is 11.0 Å². The van der Waals surface area contributed by atoms with E-state index in [0.717, 1.165) is 12.3 Å². The number of pyridine rings is 1. The van der Waals surface area contributed by atoms with Gasteiger partial charge in [0.25, 0.3) is 0 Å². The Morgan fingerprint density at radius 1 is 1.00 bits per heavy atom. The Kier molecular flexibility index (Phi) is 4.20. The molecule has 0 aromatic carbocycles. The lowest BCUT2D eigenvalue weighted by Crippen LogP contribution is -2.47. The lowest BCUT2D eigenvalue weighted by atomic mass is 10.3. The van der Waals surface area contributed by atoms with Crippen LogP contribution in [0.25, 0.3) is 0 Å². The minimum absolute atomic E-state index is 0.0724. The molecule has 0 atom stereocenters. The van der Waals surface area contributed by atoms with Gasteiger partial charge in [0, 0.05) is 32.4 Å². The summed E-state index contributed by atoms with van der Waals surface area (Å²) in [7, 11) is 0. The Hall–Kier alpha value is -2.89. The second kappa shape index (κ2) is 6.31. The number of nitrogens with zero attached hydrogens (tertiary/aromatic N) is 6. The molecule has 2 aromatic rings. The van der Waals surface area contributed by atoms with Gasteiger partial charge >= 0.3 is 6.18 Å². The van der Waals surface area contributed by atoms with Crippen LogP contribution < -0.4 is 9.80 Å². The summed E-state index contributed by atoms with van der Waals surface area (Å²) in [5.41, 5.74) is -0.616. The largest absolute Gasteiger partial charge is 0.433 e. The summed E-state index contributed by atoms with van der Waals surface area (Å²) < 4.78 is 38.2. The van der Waals surface area contributed by atoms with E-state index in [-0.39, 0.29) is 5.95 Å². The Morgan fingerprint density at radius 2 is 1.71 bits per heavy atom. The van der Waals surface area contributed by atoms with Gasteiger partial charge in [-0.3, -0.25) is 0 Å². The van der Waals surface area contributed by atoms with Crippen LogP contribution in [0.5, 0.6) is 0 Å². The first-order chi connectivity index (χ1) is 11.5. The predicted octanol–water partition coefficient (Wildman–Crippen LogP) is 2.09. The summed E-state index contributed by atoms with van der Waals surface area (Å²) in [6, 6.07) is 8.02. The zero-order chi connectivity index (χ0) is 17.2. The summed E-state index contributed by atoms with van der Waals surface area (Å²) in [4.78, 5) is 15.5. The van der Waals surface area contributed by atoms with E-state index in [0.29, 0.717) is 37.7 Å². The second-order valence-corrected chi connectivity index (χ2v) is 5.21. The maximum atomic E-state index is 12.7. The minimum atomic E-state index is -4.48. The molecule has 9 heteroatoms. The van der Waals surface area contributed by atoms with Crippen LogP contribution in [-0.2, 0) is 6.18 Å². The number of nitriles is 1. The molecule has 1 fully saturated rings. The van der Waals surface area contributed by atoms with Crippen molar-refractivity contribution in [1.82, 2.24) is 15.0 Å². The molecule has 0 bridgehead atoms. The quantitative estimate of drug-likeness (QED) is 0.838. The molecule has 0 radical (unpaired) electrons. The molecule has 24 heavy (non-hydrogen) atoms. The van der Waals surface area contributed by atoms with Gasteiger partial charge in [0.1, 0.15) is 23.3 Å². The van der Waals surface area contributed by atoms with Crippen LogP contribution in [0.1, 0.15) is 11.4 Å². The summed E-state index contributed by atoms with van der Waals surface area (Å²) in [5, 5.41) is 8.90. The van der Waals surface area contributed by atoms with Crippen molar-refractivity contribution in [2.75, 3.05) is 36.0 Å². The lowest BCUT2D eigenvalue weighted by Gasteiger charge is -2.35. The van der Waals surface area contributed by atoms with E-state index >= 15 is 0 Å². The molecule has 0 aliphatic carbocycles. The highest BCUT2D eigenvalue weighted by Crippen LogP contribution is 2.28. The van der Waals surface area contributed by atoms with Crippen molar-refractivity contribution in [3.05, 3.63) is 41.9 Å². The smallest absolute Gasteiger partial charge is 0.353 e. The van der Waals surface area contributed by atoms with Gasteiger partial charge < -0.3 is 9.80 Å². The molecule has 6 nitrogen and oxygen atoms in total. The first-order valence-corrected chi connectivity index (χ1v) is 7.24. The average Bonchev–Trinajstić information content (AvgIpc) is 2.61. The molecule has 0 spiro atoms. The van der Waals surface area contributed by atoms with E-state index in [1.54, 1.807) is 23.1 Å². The van der Waals surface area contributed by atoms with Gasteiger partial charge in [0.15, 0.2) is 0 Å². The number of piperazine rings is 1. The molecular formula is C15H13F3N6. The highest BCUT2D eigenvalue weighted by Gasteiger charge is 2.33. The zero-order valence-electron chi connectivity index (χ0n) is 12.5. The maximum Gasteiger partial charge on any atom is 0.433 e. The molecular weight excluding hydrogens is 321 g/mol. The van der Waals surface area contributed by atoms with Crippen molar-refractivity contribution in [2.45, 2.75) is 6.18 Å². The summed E-state index contributed by atoms with van der Waals surface area (Å²) in [6.45, 7) is 2.06. The van der Waals surface area contributed by atoms with E-state index in [4.69, 9.17) is 5.26 Å². The van der Waals surface area contributed by atoms with Gasteiger partial charge in [0.05, 0.1) is 0 Å². The Balaban J connectivity index is 1.70. The first kappa shape index (κ1) is 16.0. The second-order valence-electron chi connectivity index (χ2n) is 5.21. The fourth-order valence-electron chi connectivity index (χ4n) is 2.46. The Bertz CT molecular complexity index is 762. The summed E-state index contributed by atoms with van der Waals surface area (Å²) in [5.74, 6) is 0.752. The van der Waals surface area contributed by atoms with Crippen molar-refractivity contribution in [3.63, 3.8) is 0 Å². The van der Waals surface area contributed by atoms with E-state index in [2.05, 4.69) is 15.0 Å². The van der Waals surface area contributed by atoms with Gasteiger partial charge in [-0.15, -0.1) is 0 Å². The summed E-state index contributed by atoms with van der Waals surface area (Å²) in [6.07, 6.45) is -3.36. The van der Waals surface area contributed by atoms with E-state index < -0.39 is 11.9 Å². The van der Waals surface area contributed by atoms with Crippen LogP contribution in [0.2, 0.25) is 0 Å². The third kappa shape index (κ3) is 3.37. The van der Waals surface area contributed by atoms with Crippen LogP contribution in [0.15, 0.2) is 30.5 Å². The van der Waals surface area contributed by atoms with Crippen molar-refractivity contribution in [3.8, 4) is 6.07 Å². The number of anilines is 2. The molecule has 1 saturated heterocycles. The van der Waals surface area contributed by atoms with Crippen molar-refractivity contribution in [2.24, 2.45) is 0 Å². The van der Waals surface area contributed by atoms with Gasteiger partial charge in [-0.2, -0.15) is 18.4 Å². The zero-order valence-corrected chi connectivity index (χ0v) is 12.5. The normalized spacial score (nSPS) is 15.2. The number of hydrogen-bond acceptors (Lipinski definition) is 6. The highest BCUT2D eigenvalue weighted by atomic mass is 19.4. The average molecular weight is 334 g/mol. The van der Waals surface area contributed by atoms with Gasteiger partial charge in [-0.25, -0.2) is 15.0 Å². The van der Waals surface area contributed by atoms with E-state index in [1.165, 1.54) is 0 Å². The Morgan fingerprint density at radius 3 is 2.38 bits per heavy atom. The Labute approximate surface area is 136 Å². The fraction of sp³-hybridized carbons (Fsp3) is 0.333. The van der Waals surface area contributed by atoms with Crippen molar-refractivity contribution in [1.29, 1.82) is 5.26 Å². The van der Waals surface area contributed by atoms with Crippen LogP contribution in [0.3, 0.4) is 0 Å². The topological polar surface area (TPSA) is 68.9 Å². The number of rotatable bonds is 2. The van der Waals surface area contributed by atoms with Crippen molar-refractivity contribution < 1.29 is 13.2 Å². The van der Waals surface area contributed by atoms with Crippen LogP contribution in [0, 0.1) is 11.3 Å². The number of alkyl halides is 3. The highest BCUT2D eigenvalue weighted by molar-refractivity contribution is 5.44. The third-order valence-electron chi connectivity index (χ3n) is 3.67. The van der Waals surface area contributed by atoms with E-state index in [9.17, 15) is 13.2 Å². The number of hydrogen-bond donors (Lipinski definition) is 0. The standard InChI is InChI=1S/C15H13F3N6/c16-15(17,18)12-4-5-20-14(22-12)24-8-6-23(7-9-24)13-3-1-2-11(10-19)21-13/h1-5H,6-9H2. The van der Waals surface area contributed by atoms with Gasteiger partial charge in [-0.05, 0) is 18.2 Å². The van der Waals surface area contributed by atoms with Gasteiger partial charge in [0.2, 0.25) is 5.95 Å². The molecule has 1 aliphatic heterocycles. The molecule has 3 rings (SSSR count). The molecule has 0 N–H and O–H groups in total. The predicted molar refractivity (Wildman–Crippen MR) is 80.4 cm³/mol. The lowest BCUT2D eigenvalue weighted by molar-refractivity contribution is -0.141. The maximum absolute atomic E-state index is 12.7. The number of halogens is 3. The molecule has 124 valence electrons. The third-order valence-corrected chi connectivity index (χ3v) is 3.67. The molecule has 0 unspecified atom stereocenters. The SMILES string of the molecule is N#Cc1cccc(N2CCN(c3nccc(C(F)(F)F)n3)CC2)n1. The van der Waals surface area contributed by atoms with Crippen LogP contribution in [-0.4, -0.2) is 41.1 Å². The molecule has 2 aromatic heterocycles. The van der Waals surface area contributed by atoms with Gasteiger partial charge in [-0.1, -0.05) is 6.07 Å². The molecule has 3 heterocycles. The van der Waals surface area contributed by atoms with Crippen LogP contribution >= 0.6 is 0 Å². The molecule has 1 aliphatic rings.